The fourth-order valence-electron chi connectivity index (χ4n) is 3.51. The number of piperidine rings is 1. The number of likely N-dealkylation sites (tertiary alicyclic amines) is 1. The lowest BCUT2D eigenvalue weighted by molar-refractivity contribution is 0.0743. The van der Waals surface area contributed by atoms with Crippen LogP contribution in [0.5, 0.6) is 0 Å². The van der Waals surface area contributed by atoms with E-state index in [4.69, 9.17) is 5.26 Å². The van der Waals surface area contributed by atoms with Crippen LogP contribution in [-0.2, 0) is 0 Å². The molecule has 0 bridgehead atoms. The van der Waals surface area contributed by atoms with Crippen molar-refractivity contribution < 1.29 is 0 Å². The molecular formula is C14H24N2. The molecule has 2 aliphatic rings. The molecule has 2 nitrogen and oxygen atoms in total. The fourth-order valence-corrected chi connectivity index (χ4v) is 3.51. The predicted octanol–water partition coefficient (Wildman–Crippen LogP) is 3.19. The molecule has 0 aromatic carbocycles. The second-order valence-corrected chi connectivity index (χ2v) is 5.46. The van der Waals surface area contributed by atoms with Gasteiger partial charge in [-0.05, 0) is 44.7 Å². The Morgan fingerprint density at radius 1 is 1.12 bits per heavy atom. The molecule has 0 aromatic heterocycles. The molecule has 1 saturated heterocycles. The summed E-state index contributed by atoms with van der Waals surface area (Å²) in [7, 11) is 0. The zero-order chi connectivity index (χ0) is 11.4. The topological polar surface area (TPSA) is 27.0 Å². The van der Waals surface area contributed by atoms with Crippen molar-refractivity contribution in [3.8, 4) is 6.07 Å². The van der Waals surface area contributed by atoms with E-state index in [2.05, 4.69) is 17.9 Å². The van der Waals surface area contributed by atoms with Gasteiger partial charge in [-0.15, -0.1) is 0 Å². The van der Waals surface area contributed by atoms with E-state index in [0.29, 0.717) is 5.92 Å². The number of nitriles is 1. The summed E-state index contributed by atoms with van der Waals surface area (Å²) in [6.45, 7) is 4.67. The van der Waals surface area contributed by atoms with Crippen LogP contribution in [0.1, 0.15) is 51.9 Å². The van der Waals surface area contributed by atoms with E-state index in [1.165, 1.54) is 45.2 Å². The Labute approximate surface area is 99.6 Å². The molecule has 16 heavy (non-hydrogen) atoms. The molecule has 2 fully saturated rings. The number of nitrogens with zero attached hydrogens (tertiary/aromatic N) is 2. The molecule has 0 radical (unpaired) electrons. The van der Waals surface area contributed by atoms with Crippen LogP contribution in [0.2, 0.25) is 0 Å². The van der Waals surface area contributed by atoms with Gasteiger partial charge in [0.05, 0.1) is 6.07 Å². The third-order valence-corrected chi connectivity index (χ3v) is 4.57. The van der Waals surface area contributed by atoms with E-state index in [1.54, 1.807) is 0 Å². The van der Waals surface area contributed by atoms with Crippen LogP contribution in [0.25, 0.3) is 0 Å². The Kier molecular flexibility index (Phi) is 4.23. The predicted molar refractivity (Wildman–Crippen MR) is 65.9 cm³/mol. The Hall–Kier alpha value is -0.550. The van der Waals surface area contributed by atoms with E-state index in [-0.39, 0.29) is 0 Å². The van der Waals surface area contributed by atoms with Crippen LogP contribution in [-0.4, -0.2) is 24.0 Å². The highest BCUT2D eigenvalue weighted by Crippen LogP contribution is 2.32. The van der Waals surface area contributed by atoms with Gasteiger partial charge < -0.3 is 4.90 Å². The van der Waals surface area contributed by atoms with Gasteiger partial charge in [-0.3, -0.25) is 0 Å². The summed E-state index contributed by atoms with van der Waals surface area (Å²) in [5, 5.41) is 8.92. The van der Waals surface area contributed by atoms with Crippen molar-refractivity contribution in [1.29, 1.82) is 5.26 Å². The number of hydrogen-bond acceptors (Lipinski definition) is 2. The smallest absolute Gasteiger partial charge is 0.0656 e. The number of hydrogen-bond donors (Lipinski definition) is 0. The highest BCUT2D eigenvalue weighted by atomic mass is 15.2. The Balaban J connectivity index is 1.89. The van der Waals surface area contributed by atoms with Gasteiger partial charge >= 0.3 is 0 Å². The molecule has 0 spiro atoms. The summed E-state index contributed by atoms with van der Waals surface area (Å²) >= 11 is 0. The average Bonchev–Trinajstić information content (AvgIpc) is 2.39. The lowest BCUT2D eigenvalue weighted by Gasteiger charge is -2.42. The summed E-state index contributed by atoms with van der Waals surface area (Å²) in [5.41, 5.74) is 0. The van der Waals surface area contributed by atoms with Gasteiger partial charge in [0.15, 0.2) is 0 Å². The quantitative estimate of drug-likeness (QED) is 0.714. The summed E-state index contributed by atoms with van der Waals surface area (Å²) in [4.78, 5) is 2.68. The molecule has 0 aromatic rings. The van der Waals surface area contributed by atoms with E-state index in [0.717, 1.165) is 24.8 Å². The fraction of sp³-hybridized carbons (Fsp3) is 0.929. The maximum Gasteiger partial charge on any atom is 0.0656 e. The zero-order valence-corrected chi connectivity index (χ0v) is 10.5. The van der Waals surface area contributed by atoms with Crippen molar-refractivity contribution in [1.82, 2.24) is 4.90 Å². The van der Waals surface area contributed by atoms with Gasteiger partial charge in [-0.25, -0.2) is 0 Å². The molecule has 2 unspecified atom stereocenters. The highest BCUT2D eigenvalue weighted by molar-refractivity contribution is 4.91. The first-order valence-corrected chi connectivity index (χ1v) is 6.98. The molecule has 0 amide bonds. The van der Waals surface area contributed by atoms with Crippen LogP contribution in [0.3, 0.4) is 0 Å². The molecule has 2 atom stereocenters. The first-order chi connectivity index (χ1) is 7.85. The number of rotatable bonds is 2. The van der Waals surface area contributed by atoms with Gasteiger partial charge in [0, 0.05) is 12.0 Å². The monoisotopic (exact) mass is 220 g/mol. The summed E-state index contributed by atoms with van der Waals surface area (Å²) < 4.78 is 0. The molecule has 1 heterocycles. The third kappa shape index (κ3) is 2.58. The second-order valence-electron chi connectivity index (χ2n) is 5.46. The summed E-state index contributed by atoms with van der Waals surface area (Å²) in [6.07, 6.45) is 9.22. The minimum absolute atomic E-state index is 0.333. The minimum atomic E-state index is 0.333. The van der Waals surface area contributed by atoms with Gasteiger partial charge in [-0.1, -0.05) is 26.2 Å². The van der Waals surface area contributed by atoms with Crippen molar-refractivity contribution in [3.63, 3.8) is 0 Å². The van der Waals surface area contributed by atoms with Crippen molar-refractivity contribution in [2.75, 3.05) is 13.1 Å². The summed E-state index contributed by atoms with van der Waals surface area (Å²) in [5.74, 6) is 1.26. The van der Waals surface area contributed by atoms with Crippen molar-refractivity contribution in [3.05, 3.63) is 0 Å². The first kappa shape index (κ1) is 11.9. The highest BCUT2D eigenvalue weighted by Gasteiger charge is 2.31. The minimum Gasteiger partial charge on any atom is -0.300 e. The van der Waals surface area contributed by atoms with Crippen LogP contribution < -0.4 is 0 Å². The van der Waals surface area contributed by atoms with Crippen molar-refractivity contribution >= 4 is 0 Å². The summed E-state index contributed by atoms with van der Waals surface area (Å²) in [6, 6.07) is 3.26. The van der Waals surface area contributed by atoms with Crippen LogP contribution >= 0.6 is 0 Å². The zero-order valence-electron chi connectivity index (χ0n) is 10.5. The molecular weight excluding hydrogens is 196 g/mol. The molecule has 0 N–H and O–H groups in total. The van der Waals surface area contributed by atoms with E-state index >= 15 is 0 Å². The van der Waals surface area contributed by atoms with Crippen molar-refractivity contribution in [2.45, 2.75) is 57.9 Å². The molecule has 2 rings (SSSR count). The normalized spacial score (nSPS) is 33.5. The molecule has 1 saturated carbocycles. The van der Waals surface area contributed by atoms with Gasteiger partial charge in [-0.2, -0.15) is 5.26 Å². The van der Waals surface area contributed by atoms with Crippen LogP contribution in [0.15, 0.2) is 0 Å². The lowest BCUT2D eigenvalue weighted by atomic mass is 9.81. The van der Waals surface area contributed by atoms with Crippen LogP contribution in [0.4, 0.5) is 0 Å². The van der Waals surface area contributed by atoms with E-state index in [1.807, 2.05) is 0 Å². The van der Waals surface area contributed by atoms with Crippen LogP contribution in [0, 0.1) is 23.2 Å². The third-order valence-electron chi connectivity index (χ3n) is 4.57. The average molecular weight is 220 g/mol. The standard InChI is InChI=1S/C14H24N2/c1-2-13-5-3-4-6-14(13)16-9-7-12(11-15)8-10-16/h12-14H,2-10H2,1H3. The Bertz CT molecular complexity index is 248. The van der Waals surface area contributed by atoms with Gasteiger partial charge in [0.25, 0.3) is 0 Å². The molecule has 1 aliphatic heterocycles. The maximum absolute atomic E-state index is 8.92. The molecule has 2 heteroatoms. The SMILES string of the molecule is CCC1CCCCC1N1CCC(C#N)CC1. The maximum atomic E-state index is 8.92. The van der Waals surface area contributed by atoms with Gasteiger partial charge in [0.1, 0.15) is 0 Å². The molecule has 1 aliphatic carbocycles. The Morgan fingerprint density at radius 3 is 2.44 bits per heavy atom. The largest absolute Gasteiger partial charge is 0.300 e. The molecule has 90 valence electrons. The van der Waals surface area contributed by atoms with E-state index in [9.17, 15) is 0 Å². The second kappa shape index (κ2) is 5.68. The van der Waals surface area contributed by atoms with Crippen molar-refractivity contribution in [2.24, 2.45) is 11.8 Å². The van der Waals surface area contributed by atoms with Gasteiger partial charge in [0.2, 0.25) is 0 Å². The lowest BCUT2D eigenvalue weighted by Crippen LogP contribution is -2.46. The van der Waals surface area contributed by atoms with E-state index < -0.39 is 0 Å². The Morgan fingerprint density at radius 2 is 1.81 bits per heavy atom. The first-order valence-electron chi connectivity index (χ1n) is 6.98.